The van der Waals surface area contributed by atoms with Crippen molar-refractivity contribution in [1.82, 2.24) is 15.3 Å². The monoisotopic (exact) mass is 247 g/mol. The molecule has 4 nitrogen and oxygen atoms in total. The number of rotatable bonds is 3. The molecular weight excluding hydrogens is 238 g/mol. The minimum absolute atomic E-state index is 0.160. The highest BCUT2D eigenvalue weighted by atomic mass is 35.5. The zero-order valence-corrected chi connectivity index (χ0v) is 9.69. The Morgan fingerprint density at radius 1 is 1.18 bits per heavy atom. The smallest absolute Gasteiger partial charge is 0.251 e. The van der Waals surface area contributed by atoms with Crippen LogP contribution in [0.25, 0.3) is 0 Å². The minimum atomic E-state index is -0.160. The molecule has 0 saturated carbocycles. The van der Waals surface area contributed by atoms with Crippen LogP contribution in [0, 0.1) is 0 Å². The van der Waals surface area contributed by atoms with E-state index in [2.05, 4.69) is 15.3 Å². The Bertz CT molecular complexity index is 516. The molecule has 2 aromatic rings. The fourth-order valence-corrected chi connectivity index (χ4v) is 1.50. The van der Waals surface area contributed by atoms with Crippen molar-refractivity contribution in [2.24, 2.45) is 0 Å². The third-order valence-corrected chi connectivity index (χ3v) is 2.49. The Labute approximate surface area is 104 Å². The summed E-state index contributed by atoms with van der Waals surface area (Å²) in [4.78, 5) is 19.6. The third kappa shape index (κ3) is 3.01. The van der Waals surface area contributed by atoms with Gasteiger partial charge < -0.3 is 5.32 Å². The highest BCUT2D eigenvalue weighted by molar-refractivity contribution is 6.30. The lowest BCUT2D eigenvalue weighted by Gasteiger charge is -2.05. The van der Waals surface area contributed by atoms with Gasteiger partial charge in [-0.15, -0.1) is 0 Å². The normalized spacial score (nSPS) is 9.94. The molecule has 86 valence electrons. The van der Waals surface area contributed by atoms with Crippen molar-refractivity contribution in [2.45, 2.75) is 6.54 Å². The van der Waals surface area contributed by atoms with Gasteiger partial charge in [0.15, 0.2) is 5.15 Å². The van der Waals surface area contributed by atoms with E-state index < -0.39 is 0 Å². The molecule has 0 aliphatic rings. The highest BCUT2D eigenvalue weighted by Gasteiger charge is 2.06. The molecule has 5 heteroatoms. The number of carbonyl (C=O) groups is 1. The van der Waals surface area contributed by atoms with E-state index in [1.165, 1.54) is 12.4 Å². The molecule has 17 heavy (non-hydrogen) atoms. The number of benzene rings is 1. The van der Waals surface area contributed by atoms with Gasteiger partial charge in [-0.25, -0.2) is 4.98 Å². The molecule has 1 aromatic carbocycles. The van der Waals surface area contributed by atoms with Crippen LogP contribution in [0.2, 0.25) is 5.15 Å². The number of halogens is 1. The van der Waals surface area contributed by atoms with Crippen LogP contribution in [-0.2, 0) is 6.54 Å². The summed E-state index contributed by atoms with van der Waals surface area (Å²) in [7, 11) is 0. The predicted octanol–water partition coefficient (Wildman–Crippen LogP) is 2.06. The molecule has 0 aliphatic carbocycles. The maximum atomic E-state index is 11.7. The van der Waals surface area contributed by atoms with Gasteiger partial charge in [-0.2, -0.15) is 0 Å². The van der Waals surface area contributed by atoms with E-state index in [4.69, 9.17) is 11.6 Å². The van der Waals surface area contributed by atoms with E-state index in [9.17, 15) is 4.79 Å². The number of nitrogens with one attached hydrogen (secondary N) is 1. The Hall–Kier alpha value is -1.94. The molecule has 1 N–H and O–H groups in total. The van der Waals surface area contributed by atoms with Gasteiger partial charge >= 0.3 is 0 Å². The van der Waals surface area contributed by atoms with Gasteiger partial charge in [-0.05, 0) is 12.1 Å². The summed E-state index contributed by atoms with van der Waals surface area (Å²) in [5.74, 6) is -0.160. The van der Waals surface area contributed by atoms with Crippen molar-refractivity contribution >= 4 is 17.5 Å². The van der Waals surface area contributed by atoms with Crippen LogP contribution in [0.15, 0.2) is 42.7 Å². The van der Waals surface area contributed by atoms with Crippen LogP contribution >= 0.6 is 11.6 Å². The van der Waals surface area contributed by atoms with E-state index in [1.807, 2.05) is 18.2 Å². The van der Waals surface area contributed by atoms with Crippen molar-refractivity contribution in [3.8, 4) is 0 Å². The molecule has 0 aliphatic heterocycles. The van der Waals surface area contributed by atoms with E-state index >= 15 is 0 Å². The number of amides is 1. The molecule has 0 unspecified atom stereocenters. The molecule has 2 rings (SSSR count). The fourth-order valence-electron chi connectivity index (χ4n) is 1.32. The van der Waals surface area contributed by atoms with Crippen molar-refractivity contribution in [3.05, 3.63) is 59.1 Å². The summed E-state index contributed by atoms with van der Waals surface area (Å²) < 4.78 is 0. The van der Waals surface area contributed by atoms with Gasteiger partial charge in [0.1, 0.15) is 0 Å². The van der Waals surface area contributed by atoms with Gasteiger partial charge in [0.05, 0.1) is 12.2 Å². The average Bonchev–Trinajstić information content (AvgIpc) is 2.38. The minimum Gasteiger partial charge on any atom is -0.346 e. The van der Waals surface area contributed by atoms with E-state index in [-0.39, 0.29) is 12.5 Å². The zero-order valence-electron chi connectivity index (χ0n) is 8.93. The maximum Gasteiger partial charge on any atom is 0.251 e. The Kier molecular flexibility index (Phi) is 3.67. The standard InChI is InChI=1S/C12H10ClN3O/c13-11-10(14-6-7-15-11)8-16-12(17)9-4-2-1-3-5-9/h1-7H,8H2,(H,16,17). The molecular formula is C12H10ClN3O. The summed E-state index contributed by atoms with van der Waals surface area (Å²) >= 11 is 5.83. The second-order valence-electron chi connectivity index (χ2n) is 3.34. The first kappa shape index (κ1) is 11.5. The lowest BCUT2D eigenvalue weighted by Crippen LogP contribution is -2.23. The topological polar surface area (TPSA) is 54.9 Å². The lowest BCUT2D eigenvalue weighted by atomic mass is 10.2. The van der Waals surface area contributed by atoms with Gasteiger partial charge in [0, 0.05) is 18.0 Å². The number of carbonyl (C=O) groups excluding carboxylic acids is 1. The Morgan fingerprint density at radius 3 is 2.59 bits per heavy atom. The third-order valence-electron chi connectivity index (χ3n) is 2.18. The van der Waals surface area contributed by atoms with Crippen molar-refractivity contribution in [1.29, 1.82) is 0 Å². The molecule has 0 fully saturated rings. The summed E-state index contributed by atoms with van der Waals surface area (Å²) in [5, 5.41) is 3.04. The quantitative estimate of drug-likeness (QED) is 0.903. The second kappa shape index (κ2) is 5.41. The maximum absolute atomic E-state index is 11.7. The summed E-state index contributed by atoms with van der Waals surface area (Å²) in [6, 6.07) is 8.96. The van der Waals surface area contributed by atoms with Gasteiger partial charge in [0.25, 0.3) is 5.91 Å². The first-order valence-corrected chi connectivity index (χ1v) is 5.44. The molecule has 0 atom stereocenters. The molecule has 1 aromatic heterocycles. The van der Waals surface area contributed by atoms with Crippen LogP contribution in [-0.4, -0.2) is 15.9 Å². The number of nitrogens with zero attached hydrogens (tertiary/aromatic N) is 2. The van der Waals surface area contributed by atoms with Crippen LogP contribution in [0.4, 0.5) is 0 Å². The van der Waals surface area contributed by atoms with E-state index in [0.29, 0.717) is 16.4 Å². The average molecular weight is 248 g/mol. The molecule has 0 saturated heterocycles. The molecule has 1 heterocycles. The predicted molar refractivity (Wildman–Crippen MR) is 64.7 cm³/mol. The first-order valence-electron chi connectivity index (χ1n) is 5.06. The fraction of sp³-hybridized carbons (Fsp3) is 0.0833. The van der Waals surface area contributed by atoms with Crippen LogP contribution < -0.4 is 5.32 Å². The van der Waals surface area contributed by atoms with Crippen molar-refractivity contribution in [3.63, 3.8) is 0 Å². The van der Waals surface area contributed by atoms with E-state index in [0.717, 1.165) is 0 Å². The van der Waals surface area contributed by atoms with Gasteiger partial charge in [-0.3, -0.25) is 9.78 Å². The number of hydrogen-bond donors (Lipinski definition) is 1. The van der Waals surface area contributed by atoms with Crippen LogP contribution in [0.5, 0.6) is 0 Å². The largest absolute Gasteiger partial charge is 0.346 e. The summed E-state index contributed by atoms with van der Waals surface area (Å²) in [6.07, 6.45) is 3.04. The first-order chi connectivity index (χ1) is 8.27. The molecule has 1 amide bonds. The summed E-state index contributed by atoms with van der Waals surface area (Å²) in [5.41, 5.74) is 1.16. The molecule has 0 radical (unpaired) electrons. The summed E-state index contributed by atoms with van der Waals surface area (Å²) in [6.45, 7) is 0.264. The van der Waals surface area contributed by atoms with Crippen LogP contribution in [0.1, 0.15) is 16.1 Å². The van der Waals surface area contributed by atoms with Crippen molar-refractivity contribution in [2.75, 3.05) is 0 Å². The zero-order chi connectivity index (χ0) is 12.1. The van der Waals surface area contributed by atoms with Gasteiger partial charge in [-0.1, -0.05) is 29.8 Å². The second-order valence-corrected chi connectivity index (χ2v) is 3.70. The molecule has 0 bridgehead atoms. The SMILES string of the molecule is O=C(NCc1nccnc1Cl)c1ccccc1. The Morgan fingerprint density at radius 2 is 1.88 bits per heavy atom. The Balaban J connectivity index is 2.00. The van der Waals surface area contributed by atoms with E-state index in [1.54, 1.807) is 12.1 Å². The number of hydrogen-bond acceptors (Lipinski definition) is 3. The van der Waals surface area contributed by atoms with Crippen molar-refractivity contribution < 1.29 is 4.79 Å². The lowest BCUT2D eigenvalue weighted by molar-refractivity contribution is 0.0950. The van der Waals surface area contributed by atoms with Gasteiger partial charge in [0.2, 0.25) is 0 Å². The highest BCUT2D eigenvalue weighted by Crippen LogP contribution is 2.08. The number of aromatic nitrogens is 2. The van der Waals surface area contributed by atoms with Crippen LogP contribution in [0.3, 0.4) is 0 Å². The molecule has 0 spiro atoms.